The zero-order chi connectivity index (χ0) is 18.3. The SMILES string of the molecule is O=C1N(Cc2ccccc2)c2ccccc2C12CC(c1ccccc1)=NN2. The summed E-state index contributed by atoms with van der Waals surface area (Å²) in [7, 11) is 0. The van der Waals surface area contributed by atoms with E-state index >= 15 is 0 Å². The van der Waals surface area contributed by atoms with E-state index in [9.17, 15) is 4.79 Å². The molecule has 1 unspecified atom stereocenters. The van der Waals surface area contributed by atoms with Crippen molar-refractivity contribution in [1.29, 1.82) is 0 Å². The number of amides is 1. The number of anilines is 1. The number of para-hydroxylation sites is 1. The van der Waals surface area contributed by atoms with Gasteiger partial charge in [0.05, 0.1) is 17.9 Å². The highest BCUT2D eigenvalue weighted by Gasteiger charge is 2.54. The second kappa shape index (κ2) is 6.09. The molecule has 2 heterocycles. The average Bonchev–Trinajstić information content (AvgIpc) is 3.27. The molecule has 0 bridgehead atoms. The van der Waals surface area contributed by atoms with Gasteiger partial charge >= 0.3 is 0 Å². The number of nitrogens with zero attached hydrogens (tertiary/aromatic N) is 2. The first kappa shape index (κ1) is 15.8. The lowest BCUT2D eigenvalue weighted by Gasteiger charge is -2.23. The summed E-state index contributed by atoms with van der Waals surface area (Å²) in [6.07, 6.45) is 0.554. The summed E-state index contributed by atoms with van der Waals surface area (Å²) in [4.78, 5) is 15.4. The lowest BCUT2D eigenvalue weighted by Crippen LogP contribution is -2.46. The molecule has 0 aliphatic carbocycles. The predicted molar refractivity (Wildman–Crippen MR) is 106 cm³/mol. The predicted octanol–water partition coefficient (Wildman–Crippen LogP) is 3.83. The highest BCUT2D eigenvalue weighted by molar-refractivity contribution is 6.14. The van der Waals surface area contributed by atoms with E-state index in [-0.39, 0.29) is 5.91 Å². The van der Waals surface area contributed by atoms with Gasteiger partial charge in [-0.15, -0.1) is 0 Å². The molecule has 1 atom stereocenters. The van der Waals surface area contributed by atoms with Gasteiger partial charge in [-0.05, 0) is 17.2 Å². The minimum atomic E-state index is -0.809. The molecule has 0 saturated heterocycles. The summed E-state index contributed by atoms with van der Waals surface area (Å²) in [5.41, 5.74) is 7.43. The molecule has 4 heteroatoms. The molecule has 2 aliphatic rings. The van der Waals surface area contributed by atoms with Gasteiger partial charge in [0.15, 0.2) is 5.54 Å². The van der Waals surface area contributed by atoms with Gasteiger partial charge in [-0.25, -0.2) is 0 Å². The summed E-state index contributed by atoms with van der Waals surface area (Å²) in [5, 5.41) is 4.55. The number of fused-ring (bicyclic) bond motifs is 2. The first-order valence-electron chi connectivity index (χ1n) is 9.12. The molecule has 1 amide bonds. The van der Waals surface area contributed by atoms with Crippen molar-refractivity contribution in [3.8, 4) is 0 Å². The number of nitrogens with one attached hydrogen (secondary N) is 1. The second-order valence-electron chi connectivity index (χ2n) is 7.01. The van der Waals surface area contributed by atoms with E-state index < -0.39 is 5.54 Å². The van der Waals surface area contributed by atoms with Crippen molar-refractivity contribution in [2.75, 3.05) is 4.90 Å². The van der Waals surface area contributed by atoms with Crippen LogP contribution in [0.1, 0.15) is 23.1 Å². The summed E-state index contributed by atoms with van der Waals surface area (Å²) >= 11 is 0. The Labute approximate surface area is 158 Å². The second-order valence-corrected chi connectivity index (χ2v) is 7.01. The molecule has 3 aromatic carbocycles. The molecule has 0 saturated carbocycles. The van der Waals surface area contributed by atoms with Gasteiger partial charge in [0.2, 0.25) is 0 Å². The number of benzene rings is 3. The third-order valence-corrected chi connectivity index (χ3v) is 5.37. The van der Waals surface area contributed by atoms with Crippen molar-refractivity contribution >= 4 is 17.3 Å². The van der Waals surface area contributed by atoms with Crippen LogP contribution < -0.4 is 10.3 Å². The summed E-state index contributed by atoms with van der Waals surface area (Å²) in [5.74, 6) is 0.0576. The molecule has 5 rings (SSSR count). The van der Waals surface area contributed by atoms with Gasteiger partial charge in [0.1, 0.15) is 0 Å². The molecule has 0 radical (unpaired) electrons. The maximum atomic E-state index is 13.6. The molecule has 3 aromatic rings. The summed E-state index contributed by atoms with van der Waals surface area (Å²) < 4.78 is 0. The first-order valence-corrected chi connectivity index (χ1v) is 9.12. The molecule has 132 valence electrons. The molecular formula is C23H19N3O. The molecule has 1 spiro atoms. The Hall–Kier alpha value is -3.40. The van der Waals surface area contributed by atoms with Crippen molar-refractivity contribution in [2.24, 2.45) is 5.10 Å². The fourth-order valence-electron chi connectivity index (χ4n) is 4.02. The van der Waals surface area contributed by atoms with E-state index in [1.807, 2.05) is 77.7 Å². The molecular weight excluding hydrogens is 334 g/mol. The van der Waals surface area contributed by atoms with Crippen molar-refractivity contribution in [3.63, 3.8) is 0 Å². The lowest BCUT2D eigenvalue weighted by molar-refractivity contribution is -0.124. The van der Waals surface area contributed by atoms with Crippen LogP contribution in [0.2, 0.25) is 0 Å². The minimum absolute atomic E-state index is 0.0576. The lowest BCUT2D eigenvalue weighted by atomic mass is 9.86. The van der Waals surface area contributed by atoms with Crippen molar-refractivity contribution in [2.45, 2.75) is 18.5 Å². The average molecular weight is 353 g/mol. The standard InChI is InChI=1S/C23H19N3O/c27-22-23(15-20(24-25-23)18-11-5-2-6-12-18)19-13-7-8-14-21(19)26(22)16-17-9-3-1-4-10-17/h1-14,25H,15-16H2. The molecule has 0 aromatic heterocycles. The molecule has 2 aliphatic heterocycles. The normalized spacial score (nSPS) is 20.5. The quantitative estimate of drug-likeness (QED) is 0.778. The Bertz CT molecular complexity index is 1030. The maximum Gasteiger partial charge on any atom is 0.259 e. The van der Waals surface area contributed by atoms with E-state index in [1.54, 1.807) is 0 Å². The van der Waals surface area contributed by atoms with Crippen molar-refractivity contribution in [3.05, 3.63) is 102 Å². The highest BCUT2D eigenvalue weighted by atomic mass is 16.2. The third kappa shape index (κ3) is 2.45. The zero-order valence-corrected chi connectivity index (χ0v) is 14.8. The first-order chi connectivity index (χ1) is 13.3. The van der Waals surface area contributed by atoms with Gasteiger partial charge in [0, 0.05) is 12.0 Å². The Balaban J connectivity index is 1.52. The van der Waals surface area contributed by atoms with Gasteiger partial charge in [-0.2, -0.15) is 5.10 Å². The monoisotopic (exact) mass is 353 g/mol. The van der Waals surface area contributed by atoms with Gasteiger partial charge < -0.3 is 4.90 Å². The van der Waals surface area contributed by atoms with Crippen LogP contribution in [-0.2, 0) is 16.9 Å². The van der Waals surface area contributed by atoms with Crippen LogP contribution in [0, 0.1) is 0 Å². The van der Waals surface area contributed by atoms with E-state index in [0.717, 1.165) is 28.1 Å². The molecule has 4 nitrogen and oxygen atoms in total. The molecule has 1 N–H and O–H groups in total. The van der Waals surface area contributed by atoms with Gasteiger partial charge in [-0.1, -0.05) is 78.9 Å². The van der Waals surface area contributed by atoms with Crippen LogP contribution in [0.4, 0.5) is 5.69 Å². The molecule has 0 fully saturated rings. The van der Waals surface area contributed by atoms with E-state index in [0.29, 0.717) is 13.0 Å². The smallest absolute Gasteiger partial charge is 0.259 e. The van der Waals surface area contributed by atoms with Gasteiger partial charge in [0.25, 0.3) is 5.91 Å². The topological polar surface area (TPSA) is 44.7 Å². The Morgan fingerprint density at radius 1 is 0.889 bits per heavy atom. The number of hydrogen-bond acceptors (Lipinski definition) is 3. The van der Waals surface area contributed by atoms with Crippen LogP contribution in [0.25, 0.3) is 0 Å². The van der Waals surface area contributed by atoms with E-state index in [1.165, 1.54) is 0 Å². The van der Waals surface area contributed by atoms with Crippen LogP contribution in [-0.4, -0.2) is 11.6 Å². The number of hydrazone groups is 1. The van der Waals surface area contributed by atoms with E-state index in [4.69, 9.17) is 0 Å². The number of hydrogen-bond donors (Lipinski definition) is 1. The number of rotatable bonds is 3. The van der Waals surface area contributed by atoms with Crippen LogP contribution in [0.3, 0.4) is 0 Å². The van der Waals surface area contributed by atoms with Crippen molar-refractivity contribution < 1.29 is 4.79 Å². The Morgan fingerprint density at radius 2 is 1.56 bits per heavy atom. The Kier molecular flexibility index (Phi) is 3.57. The zero-order valence-electron chi connectivity index (χ0n) is 14.8. The Morgan fingerprint density at radius 3 is 2.33 bits per heavy atom. The number of carbonyl (C=O) groups is 1. The molecule has 27 heavy (non-hydrogen) atoms. The highest BCUT2D eigenvalue weighted by Crippen LogP contribution is 2.45. The maximum absolute atomic E-state index is 13.6. The van der Waals surface area contributed by atoms with E-state index in [2.05, 4.69) is 22.7 Å². The van der Waals surface area contributed by atoms with Crippen LogP contribution in [0.5, 0.6) is 0 Å². The van der Waals surface area contributed by atoms with Crippen LogP contribution in [0.15, 0.2) is 90.0 Å². The minimum Gasteiger partial charge on any atom is -0.305 e. The summed E-state index contributed by atoms with van der Waals surface area (Å²) in [6, 6.07) is 28.2. The van der Waals surface area contributed by atoms with Gasteiger partial charge in [-0.3, -0.25) is 10.2 Å². The fourth-order valence-corrected chi connectivity index (χ4v) is 4.02. The largest absolute Gasteiger partial charge is 0.305 e. The third-order valence-electron chi connectivity index (χ3n) is 5.37. The number of carbonyl (C=O) groups excluding carboxylic acids is 1. The summed E-state index contributed by atoms with van der Waals surface area (Å²) in [6.45, 7) is 0.556. The van der Waals surface area contributed by atoms with Crippen LogP contribution >= 0.6 is 0 Å². The van der Waals surface area contributed by atoms with Crippen molar-refractivity contribution in [1.82, 2.24) is 5.43 Å². The fraction of sp³-hybridized carbons (Fsp3) is 0.130.